The molecule has 3 rings (SSSR count). The summed E-state index contributed by atoms with van der Waals surface area (Å²) in [5.41, 5.74) is 0.633. The van der Waals surface area contributed by atoms with Crippen molar-refractivity contribution >= 4 is 17.6 Å². The van der Waals surface area contributed by atoms with Gasteiger partial charge in [-0.25, -0.2) is 4.79 Å². The summed E-state index contributed by atoms with van der Waals surface area (Å²) < 4.78 is 0. The molecule has 2 amide bonds. The van der Waals surface area contributed by atoms with Crippen LogP contribution in [0.15, 0.2) is 24.3 Å². The molecule has 23 heavy (non-hydrogen) atoms. The van der Waals surface area contributed by atoms with E-state index in [4.69, 9.17) is 11.6 Å². The zero-order chi connectivity index (χ0) is 16.2. The zero-order valence-corrected chi connectivity index (χ0v) is 13.9. The van der Waals surface area contributed by atoms with Gasteiger partial charge in [-0.2, -0.15) is 0 Å². The highest BCUT2D eigenvalue weighted by atomic mass is 35.5. The van der Waals surface area contributed by atoms with E-state index in [0.717, 1.165) is 25.9 Å². The molecule has 2 heterocycles. The summed E-state index contributed by atoms with van der Waals surface area (Å²) in [5, 5.41) is 16.5. The third-order valence-corrected chi connectivity index (χ3v) is 5.24. The van der Waals surface area contributed by atoms with Crippen LogP contribution in [-0.2, 0) is 0 Å². The molecule has 0 aromatic heterocycles. The summed E-state index contributed by atoms with van der Waals surface area (Å²) in [6.07, 6.45) is 3.87. The normalized spacial score (nSPS) is 25.7. The number of hydrogen-bond acceptors (Lipinski definition) is 3. The van der Waals surface area contributed by atoms with Crippen molar-refractivity contribution in [3.63, 3.8) is 0 Å². The van der Waals surface area contributed by atoms with Crippen LogP contribution in [0, 0.1) is 0 Å². The largest absolute Gasteiger partial charge is 0.387 e. The molecule has 2 saturated heterocycles. The Hall–Kier alpha value is -1.30. The lowest BCUT2D eigenvalue weighted by molar-refractivity contribution is 0.167. The summed E-state index contributed by atoms with van der Waals surface area (Å²) in [5.74, 6) is 0. The van der Waals surface area contributed by atoms with Crippen molar-refractivity contribution in [2.45, 2.75) is 43.9 Å². The highest BCUT2D eigenvalue weighted by Gasteiger charge is 2.36. The molecule has 2 fully saturated rings. The lowest BCUT2D eigenvalue weighted by atomic mass is 9.99. The van der Waals surface area contributed by atoms with E-state index < -0.39 is 6.10 Å². The SMILES string of the molecule is O=C(NCC(O)c1ccccc1Cl)NC1CCN2CCCCC12. The second-order valence-electron chi connectivity index (χ2n) is 6.39. The van der Waals surface area contributed by atoms with Gasteiger partial charge in [-0.1, -0.05) is 36.2 Å². The fourth-order valence-electron chi connectivity index (χ4n) is 3.68. The summed E-state index contributed by atoms with van der Waals surface area (Å²) in [6.45, 7) is 2.37. The number of nitrogens with zero attached hydrogens (tertiary/aromatic N) is 1. The fraction of sp³-hybridized carbons (Fsp3) is 0.588. The Bertz CT molecular complexity index is 554. The topological polar surface area (TPSA) is 64.6 Å². The van der Waals surface area contributed by atoms with E-state index >= 15 is 0 Å². The van der Waals surface area contributed by atoms with Gasteiger partial charge in [0.05, 0.1) is 6.10 Å². The number of nitrogens with one attached hydrogen (secondary N) is 2. The van der Waals surface area contributed by atoms with E-state index in [1.165, 1.54) is 12.8 Å². The van der Waals surface area contributed by atoms with Gasteiger partial charge in [-0.15, -0.1) is 0 Å². The number of hydrogen-bond donors (Lipinski definition) is 3. The molecule has 2 aliphatic heterocycles. The van der Waals surface area contributed by atoms with Gasteiger partial charge in [0.2, 0.25) is 0 Å². The van der Waals surface area contributed by atoms with Crippen molar-refractivity contribution in [2.24, 2.45) is 0 Å². The van der Waals surface area contributed by atoms with E-state index in [1.54, 1.807) is 12.1 Å². The van der Waals surface area contributed by atoms with Crippen molar-refractivity contribution in [2.75, 3.05) is 19.6 Å². The van der Waals surface area contributed by atoms with Crippen LogP contribution in [0.5, 0.6) is 0 Å². The first-order chi connectivity index (χ1) is 11.1. The third-order valence-electron chi connectivity index (χ3n) is 4.89. The van der Waals surface area contributed by atoms with Gasteiger partial charge in [0, 0.05) is 35.8 Å². The number of aliphatic hydroxyl groups is 1. The van der Waals surface area contributed by atoms with E-state index in [1.807, 2.05) is 12.1 Å². The van der Waals surface area contributed by atoms with Crippen molar-refractivity contribution < 1.29 is 9.90 Å². The Morgan fingerprint density at radius 3 is 2.96 bits per heavy atom. The minimum Gasteiger partial charge on any atom is -0.387 e. The first-order valence-corrected chi connectivity index (χ1v) is 8.74. The van der Waals surface area contributed by atoms with Crippen molar-refractivity contribution in [1.82, 2.24) is 15.5 Å². The Labute approximate surface area is 142 Å². The summed E-state index contributed by atoms with van der Waals surface area (Å²) in [7, 11) is 0. The highest BCUT2D eigenvalue weighted by molar-refractivity contribution is 6.31. The number of urea groups is 1. The first kappa shape index (κ1) is 16.6. The fourth-order valence-corrected chi connectivity index (χ4v) is 3.94. The van der Waals surface area contributed by atoms with Crippen LogP contribution in [-0.4, -0.2) is 47.8 Å². The minimum atomic E-state index is -0.802. The number of aliphatic hydroxyl groups excluding tert-OH is 1. The molecule has 3 unspecified atom stereocenters. The Balaban J connectivity index is 1.47. The predicted octanol–water partition coefficient (Wildman–Crippen LogP) is 2.30. The lowest BCUT2D eigenvalue weighted by Gasteiger charge is -2.32. The number of piperidine rings is 1. The minimum absolute atomic E-state index is 0.149. The molecule has 3 atom stereocenters. The number of carbonyl (C=O) groups is 1. The van der Waals surface area contributed by atoms with Gasteiger partial charge in [-0.05, 0) is 31.9 Å². The third kappa shape index (κ3) is 3.97. The Kier molecular flexibility index (Phi) is 5.41. The molecule has 1 aromatic carbocycles. The van der Waals surface area contributed by atoms with Gasteiger partial charge < -0.3 is 15.7 Å². The molecule has 0 spiro atoms. The van der Waals surface area contributed by atoms with Crippen LogP contribution in [0.1, 0.15) is 37.4 Å². The molecule has 5 nitrogen and oxygen atoms in total. The number of rotatable bonds is 4. The van der Waals surface area contributed by atoms with Gasteiger partial charge in [0.25, 0.3) is 0 Å². The van der Waals surface area contributed by atoms with Gasteiger partial charge in [0.1, 0.15) is 0 Å². The summed E-state index contributed by atoms with van der Waals surface area (Å²) in [6, 6.07) is 7.61. The number of carbonyl (C=O) groups excluding carboxylic acids is 1. The van der Waals surface area contributed by atoms with Gasteiger partial charge >= 0.3 is 6.03 Å². The Morgan fingerprint density at radius 2 is 2.13 bits per heavy atom. The summed E-state index contributed by atoms with van der Waals surface area (Å²) >= 11 is 6.05. The number of benzene rings is 1. The second kappa shape index (κ2) is 7.51. The van der Waals surface area contributed by atoms with Gasteiger partial charge in [-0.3, -0.25) is 4.90 Å². The summed E-state index contributed by atoms with van der Waals surface area (Å²) in [4.78, 5) is 14.6. The number of amides is 2. The van der Waals surface area contributed by atoms with Crippen molar-refractivity contribution in [3.8, 4) is 0 Å². The lowest BCUT2D eigenvalue weighted by Crippen LogP contribution is -2.50. The van der Waals surface area contributed by atoms with E-state index in [-0.39, 0.29) is 18.6 Å². The van der Waals surface area contributed by atoms with Crippen molar-refractivity contribution in [1.29, 1.82) is 0 Å². The van der Waals surface area contributed by atoms with Crippen LogP contribution < -0.4 is 10.6 Å². The smallest absolute Gasteiger partial charge is 0.315 e. The van der Waals surface area contributed by atoms with Gasteiger partial charge in [0.15, 0.2) is 0 Å². The molecule has 0 bridgehead atoms. The molecule has 126 valence electrons. The Morgan fingerprint density at radius 1 is 1.30 bits per heavy atom. The molecular formula is C17H24ClN3O2. The van der Waals surface area contributed by atoms with Crippen LogP contribution in [0.4, 0.5) is 4.79 Å². The highest BCUT2D eigenvalue weighted by Crippen LogP contribution is 2.27. The average molecular weight is 338 g/mol. The maximum Gasteiger partial charge on any atom is 0.315 e. The molecule has 6 heteroatoms. The molecule has 2 aliphatic rings. The quantitative estimate of drug-likeness (QED) is 0.790. The standard InChI is InChI=1S/C17H24ClN3O2/c18-13-6-2-1-5-12(13)16(22)11-19-17(23)20-14-8-10-21-9-4-3-7-15(14)21/h1-2,5-6,14-16,22H,3-4,7-11H2,(H2,19,20,23). The maximum atomic E-state index is 12.1. The van der Waals surface area contributed by atoms with E-state index in [9.17, 15) is 9.90 Å². The molecule has 3 N–H and O–H groups in total. The van der Waals surface area contributed by atoms with Crippen molar-refractivity contribution in [3.05, 3.63) is 34.9 Å². The molecule has 0 radical (unpaired) electrons. The number of fused-ring (bicyclic) bond motifs is 1. The molecule has 0 saturated carbocycles. The molecule has 0 aliphatic carbocycles. The second-order valence-corrected chi connectivity index (χ2v) is 6.79. The van der Waals surface area contributed by atoms with Crippen LogP contribution in [0.3, 0.4) is 0 Å². The monoisotopic (exact) mass is 337 g/mol. The van der Waals surface area contributed by atoms with Crippen LogP contribution in [0.2, 0.25) is 5.02 Å². The molecular weight excluding hydrogens is 314 g/mol. The maximum absolute atomic E-state index is 12.1. The zero-order valence-electron chi connectivity index (χ0n) is 13.2. The van der Waals surface area contributed by atoms with E-state index in [0.29, 0.717) is 16.6 Å². The molecule has 1 aromatic rings. The number of halogens is 1. The average Bonchev–Trinajstić information content (AvgIpc) is 2.96. The van der Waals surface area contributed by atoms with E-state index in [2.05, 4.69) is 15.5 Å². The van der Waals surface area contributed by atoms with Crippen LogP contribution in [0.25, 0.3) is 0 Å². The van der Waals surface area contributed by atoms with Crippen LogP contribution >= 0.6 is 11.6 Å². The first-order valence-electron chi connectivity index (χ1n) is 8.36. The predicted molar refractivity (Wildman–Crippen MR) is 90.6 cm³/mol.